The van der Waals surface area contributed by atoms with Gasteiger partial charge in [-0.1, -0.05) is 42.5 Å². The van der Waals surface area contributed by atoms with E-state index in [1.165, 1.54) is 19.3 Å². The summed E-state index contributed by atoms with van der Waals surface area (Å²) in [5, 5.41) is 1.14. The van der Waals surface area contributed by atoms with E-state index < -0.39 is 0 Å². The molecule has 2 aliphatic rings. The van der Waals surface area contributed by atoms with Gasteiger partial charge in [0.15, 0.2) is 0 Å². The summed E-state index contributed by atoms with van der Waals surface area (Å²) in [5.74, 6) is 0.867. The Morgan fingerprint density at radius 3 is 2.61 bits per heavy atom. The number of benzene rings is 1. The summed E-state index contributed by atoms with van der Waals surface area (Å²) in [6.07, 6.45) is 7.57. The average molecular weight is 356 g/mol. The predicted octanol–water partition coefficient (Wildman–Crippen LogP) is 4.73. The molecule has 1 unspecified atom stereocenters. The minimum Gasteiger partial charge on any atom is -0.495 e. The van der Waals surface area contributed by atoms with Gasteiger partial charge in [0.1, 0.15) is 5.75 Å². The molecule has 1 aliphatic carbocycles. The number of likely N-dealkylation sites (tertiary alicyclic amines) is 1. The maximum atomic E-state index is 12.8. The fraction of sp³-hybridized carbons (Fsp3) is 0.611. The lowest BCUT2D eigenvalue weighted by molar-refractivity contribution is -0.133. The van der Waals surface area contributed by atoms with Crippen LogP contribution in [0.5, 0.6) is 5.75 Å². The molecule has 0 aromatic heterocycles. The SMILES string of the molecule is COc1ccc(Cl)c(CC2CCN(C3CCCCC3)C2=O)c1Cl. The number of hydrogen-bond acceptors (Lipinski definition) is 2. The molecule has 1 aliphatic heterocycles. The third-order valence-electron chi connectivity index (χ3n) is 5.19. The number of halogens is 2. The monoisotopic (exact) mass is 355 g/mol. The van der Waals surface area contributed by atoms with E-state index in [0.717, 1.165) is 31.4 Å². The zero-order chi connectivity index (χ0) is 16.4. The Morgan fingerprint density at radius 1 is 1.17 bits per heavy atom. The number of nitrogens with zero attached hydrogens (tertiary/aromatic N) is 1. The van der Waals surface area contributed by atoms with Crippen LogP contribution in [0.15, 0.2) is 12.1 Å². The Bertz CT molecular complexity index is 585. The van der Waals surface area contributed by atoms with Gasteiger partial charge in [-0.15, -0.1) is 0 Å². The molecular weight excluding hydrogens is 333 g/mol. The maximum Gasteiger partial charge on any atom is 0.226 e. The number of amides is 1. The Morgan fingerprint density at radius 2 is 1.91 bits per heavy atom. The molecule has 1 aromatic carbocycles. The Kier molecular flexibility index (Phi) is 5.38. The lowest BCUT2D eigenvalue weighted by Gasteiger charge is -2.31. The highest BCUT2D eigenvalue weighted by Gasteiger charge is 2.36. The number of ether oxygens (including phenoxy) is 1. The van der Waals surface area contributed by atoms with E-state index in [-0.39, 0.29) is 11.8 Å². The van der Waals surface area contributed by atoms with E-state index >= 15 is 0 Å². The summed E-state index contributed by atoms with van der Waals surface area (Å²) >= 11 is 12.7. The van der Waals surface area contributed by atoms with E-state index in [1.54, 1.807) is 19.2 Å². The number of hydrogen-bond donors (Lipinski definition) is 0. The third kappa shape index (κ3) is 3.46. The largest absolute Gasteiger partial charge is 0.495 e. The van der Waals surface area contributed by atoms with Gasteiger partial charge in [0.05, 0.1) is 12.1 Å². The number of carbonyl (C=O) groups excluding carboxylic acids is 1. The van der Waals surface area contributed by atoms with Crippen LogP contribution in [0.1, 0.15) is 44.1 Å². The minimum absolute atomic E-state index is 0.0148. The molecule has 1 heterocycles. The molecule has 5 heteroatoms. The molecule has 3 rings (SSSR count). The first kappa shape index (κ1) is 16.9. The van der Waals surface area contributed by atoms with Crippen molar-refractivity contribution < 1.29 is 9.53 Å². The molecule has 1 aromatic rings. The maximum absolute atomic E-state index is 12.8. The number of carbonyl (C=O) groups is 1. The summed E-state index contributed by atoms with van der Waals surface area (Å²) in [7, 11) is 1.59. The first-order valence-electron chi connectivity index (χ1n) is 8.43. The minimum atomic E-state index is -0.0148. The first-order valence-corrected chi connectivity index (χ1v) is 9.18. The van der Waals surface area contributed by atoms with Gasteiger partial charge in [-0.2, -0.15) is 0 Å². The van der Waals surface area contributed by atoms with Gasteiger partial charge in [-0.3, -0.25) is 4.79 Å². The highest BCUT2D eigenvalue weighted by Crippen LogP contribution is 2.37. The molecule has 1 saturated heterocycles. The standard InChI is InChI=1S/C18H23Cl2NO2/c1-23-16-8-7-15(19)14(17(16)20)11-12-9-10-21(18(12)22)13-5-3-2-4-6-13/h7-8,12-13H,2-6,9-11H2,1H3. The van der Waals surface area contributed by atoms with E-state index in [4.69, 9.17) is 27.9 Å². The number of methoxy groups -OCH3 is 1. The summed E-state index contributed by atoms with van der Waals surface area (Å²) in [6.45, 7) is 0.868. The van der Waals surface area contributed by atoms with Crippen molar-refractivity contribution in [2.24, 2.45) is 5.92 Å². The van der Waals surface area contributed by atoms with Crippen molar-refractivity contribution in [1.82, 2.24) is 4.90 Å². The highest BCUT2D eigenvalue weighted by molar-refractivity contribution is 6.37. The van der Waals surface area contributed by atoms with E-state index in [1.807, 2.05) is 0 Å². The quantitative estimate of drug-likeness (QED) is 0.781. The molecule has 1 atom stereocenters. The summed E-state index contributed by atoms with van der Waals surface area (Å²) in [4.78, 5) is 14.9. The highest BCUT2D eigenvalue weighted by atomic mass is 35.5. The lowest BCUT2D eigenvalue weighted by atomic mass is 9.94. The third-order valence-corrected chi connectivity index (χ3v) is 5.96. The van der Waals surface area contributed by atoms with Crippen molar-refractivity contribution in [2.45, 2.75) is 51.0 Å². The van der Waals surface area contributed by atoms with Gasteiger partial charge < -0.3 is 9.64 Å². The molecule has 126 valence electrons. The average Bonchev–Trinajstić information content (AvgIpc) is 2.93. The Hall–Kier alpha value is -0.930. The second kappa shape index (κ2) is 7.31. The second-order valence-corrected chi connectivity index (χ2v) is 7.34. The summed E-state index contributed by atoms with van der Waals surface area (Å²) in [6, 6.07) is 4.00. The van der Waals surface area contributed by atoms with Crippen molar-refractivity contribution >= 4 is 29.1 Å². The fourth-order valence-corrected chi connectivity index (χ4v) is 4.48. The van der Waals surface area contributed by atoms with Gasteiger partial charge in [0.2, 0.25) is 5.91 Å². The molecular formula is C18H23Cl2NO2. The zero-order valence-corrected chi connectivity index (χ0v) is 15.0. The van der Waals surface area contributed by atoms with Gasteiger partial charge in [0.25, 0.3) is 0 Å². The normalized spacial score (nSPS) is 22.7. The lowest BCUT2D eigenvalue weighted by Crippen LogP contribution is -2.39. The zero-order valence-electron chi connectivity index (χ0n) is 13.5. The van der Waals surface area contributed by atoms with Crippen LogP contribution in [0.25, 0.3) is 0 Å². The van der Waals surface area contributed by atoms with Crippen molar-refractivity contribution in [2.75, 3.05) is 13.7 Å². The molecule has 1 amide bonds. The van der Waals surface area contributed by atoms with Crippen molar-refractivity contribution in [3.05, 3.63) is 27.7 Å². The smallest absolute Gasteiger partial charge is 0.226 e. The van der Waals surface area contributed by atoms with Crippen LogP contribution < -0.4 is 4.74 Å². The molecule has 1 saturated carbocycles. The van der Waals surface area contributed by atoms with Gasteiger partial charge in [0, 0.05) is 23.5 Å². The van der Waals surface area contributed by atoms with Crippen LogP contribution in [0, 0.1) is 5.92 Å². The van der Waals surface area contributed by atoms with Crippen LogP contribution >= 0.6 is 23.2 Å². The van der Waals surface area contributed by atoms with Gasteiger partial charge in [-0.25, -0.2) is 0 Å². The van der Waals surface area contributed by atoms with E-state index in [0.29, 0.717) is 28.3 Å². The molecule has 0 N–H and O–H groups in total. The summed E-state index contributed by atoms with van der Waals surface area (Å²) in [5.41, 5.74) is 0.830. The Balaban J connectivity index is 1.73. The topological polar surface area (TPSA) is 29.5 Å². The first-order chi connectivity index (χ1) is 11.1. The predicted molar refractivity (Wildman–Crippen MR) is 93.4 cm³/mol. The van der Waals surface area contributed by atoms with Crippen molar-refractivity contribution in [1.29, 1.82) is 0 Å². The van der Waals surface area contributed by atoms with Crippen LogP contribution in [-0.4, -0.2) is 30.5 Å². The molecule has 0 bridgehead atoms. The van der Waals surface area contributed by atoms with Crippen molar-refractivity contribution in [3.63, 3.8) is 0 Å². The van der Waals surface area contributed by atoms with Crippen LogP contribution in [0.4, 0.5) is 0 Å². The second-order valence-electron chi connectivity index (χ2n) is 6.56. The molecule has 3 nitrogen and oxygen atoms in total. The molecule has 0 spiro atoms. The van der Waals surface area contributed by atoms with Crippen LogP contribution in [0.2, 0.25) is 10.0 Å². The van der Waals surface area contributed by atoms with E-state index in [9.17, 15) is 4.79 Å². The molecule has 0 radical (unpaired) electrons. The number of rotatable bonds is 4. The van der Waals surface area contributed by atoms with E-state index in [2.05, 4.69) is 4.90 Å². The fourth-order valence-electron chi connectivity index (χ4n) is 3.88. The van der Waals surface area contributed by atoms with Crippen LogP contribution in [0.3, 0.4) is 0 Å². The summed E-state index contributed by atoms with van der Waals surface area (Å²) < 4.78 is 5.26. The Labute approximate surface area is 147 Å². The van der Waals surface area contributed by atoms with Crippen molar-refractivity contribution in [3.8, 4) is 5.75 Å². The van der Waals surface area contributed by atoms with Crippen LogP contribution in [-0.2, 0) is 11.2 Å². The van der Waals surface area contributed by atoms with Gasteiger partial charge >= 0.3 is 0 Å². The molecule has 2 fully saturated rings. The molecule has 23 heavy (non-hydrogen) atoms. The van der Waals surface area contributed by atoms with Gasteiger partial charge in [-0.05, 0) is 43.4 Å².